The van der Waals surface area contributed by atoms with Gasteiger partial charge in [-0.1, -0.05) is 6.07 Å². The van der Waals surface area contributed by atoms with Gasteiger partial charge < -0.3 is 10.6 Å². The number of aromatic nitrogens is 4. The molecule has 1 aliphatic carbocycles. The molecule has 0 radical (unpaired) electrons. The van der Waals surface area contributed by atoms with Crippen LogP contribution in [0.25, 0.3) is 5.65 Å². The molecule has 0 aliphatic heterocycles. The Bertz CT molecular complexity index is 965. The Labute approximate surface area is 160 Å². The molecule has 0 atom stereocenters. The van der Waals surface area contributed by atoms with Crippen LogP contribution in [0.4, 0.5) is 14.6 Å². The molecule has 0 spiro atoms. The van der Waals surface area contributed by atoms with Crippen LogP contribution in [0.2, 0.25) is 0 Å². The summed E-state index contributed by atoms with van der Waals surface area (Å²) < 4.78 is 28.1. The van der Waals surface area contributed by atoms with Crippen molar-refractivity contribution >= 4 is 17.4 Å². The topological polar surface area (TPSA) is 84.2 Å². The molecule has 0 bridgehead atoms. The molecule has 146 valence electrons. The van der Waals surface area contributed by atoms with Crippen LogP contribution in [0.15, 0.2) is 42.9 Å². The number of carbonyl (C=O) groups is 1. The summed E-state index contributed by atoms with van der Waals surface area (Å²) in [5.41, 5.74) is 1.59. The lowest BCUT2D eigenvalue weighted by Crippen LogP contribution is -2.40. The highest BCUT2D eigenvalue weighted by molar-refractivity contribution is 5.99. The van der Waals surface area contributed by atoms with Gasteiger partial charge >= 0.3 is 0 Å². The second-order valence-electron chi connectivity index (χ2n) is 6.92. The van der Waals surface area contributed by atoms with E-state index in [9.17, 15) is 13.6 Å². The zero-order valence-corrected chi connectivity index (χ0v) is 15.1. The third-order valence-electron chi connectivity index (χ3n) is 4.84. The first-order chi connectivity index (χ1) is 13.5. The smallest absolute Gasteiger partial charge is 0.256 e. The van der Waals surface area contributed by atoms with Crippen molar-refractivity contribution in [3.63, 3.8) is 0 Å². The van der Waals surface area contributed by atoms with Crippen molar-refractivity contribution in [1.82, 2.24) is 24.9 Å². The van der Waals surface area contributed by atoms with Crippen molar-refractivity contribution in [1.29, 1.82) is 0 Å². The van der Waals surface area contributed by atoms with E-state index in [4.69, 9.17) is 0 Å². The Morgan fingerprint density at radius 3 is 2.82 bits per heavy atom. The molecule has 2 N–H and O–H groups in total. The number of carbonyl (C=O) groups excluding carboxylic acids is 1. The van der Waals surface area contributed by atoms with Crippen LogP contribution in [0.1, 0.15) is 41.7 Å². The van der Waals surface area contributed by atoms with E-state index in [0.29, 0.717) is 23.6 Å². The molecular weight excluding hydrogens is 366 g/mol. The number of nitrogens with one attached hydrogen (secondary N) is 2. The molecule has 3 aromatic rings. The van der Waals surface area contributed by atoms with Gasteiger partial charge in [0, 0.05) is 31.3 Å². The van der Waals surface area contributed by atoms with Crippen LogP contribution in [0.3, 0.4) is 0 Å². The fourth-order valence-corrected chi connectivity index (χ4v) is 3.26. The average molecular weight is 386 g/mol. The maximum atomic E-state index is 13.3. The van der Waals surface area contributed by atoms with Crippen molar-refractivity contribution in [3.05, 3.63) is 54.1 Å². The second kappa shape index (κ2) is 7.49. The molecule has 0 aromatic carbocycles. The molecule has 7 nitrogen and oxygen atoms in total. The van der Waals surface area contributed by atoms with Crippen LogP contribution in [0, 0.1) is 0 Å². The second-order valence-corrected chi connectivity index (χ2v) is 6.92. The van der Waals surface area contributed by atoms with Crippen LogP contribution < -0.4 is 10.6 Å². The fraction of sp³-hybridized carbons (Fsp3) is 0.368. The highest BCUT2D eigenvalue weighted by atomic mass is 19.3. The predicted molar refractivity (Wildman–Crippen MR) is 99.2 cm³/mol. The van der Waals surface area contributed by atoms with E-state index in [-0.39, 0.29) is 37.6 Å². The first kappa shape index (κ1) is 18.3. The van der Waals surface area contributed by atoms with E-state index in [0.717, 1.165) is 5.69 Å². The summed E-state index contributed by atoms with van der Waals surface area (Å²) in [5.74, 6) is -2.38. The molecule has 1 fully saturated rings. The first-order valence-electron chi connectivity index (χ1n) is 9.17. The number of hydrogen-bond donors (Lipinski definition) is 2. The molecule has 28 heavy (non-hydrogen) atoms. The highest BCUT2D eigenvalue weighted by Crippen LogP contribution is 2.33. The largest absolute Gasteiger partial charge is 0.364 e. The van der Waals surface area contributed by atoms with E-state index in [1.165, 1.54) is 10.7 Å². The van der Waals surface area contributed by atoms with Gasteiger partial charge in [-0.25, -0.2) is 18.3 Å². The third kappa shape index (κ3) is 4.08. The lowest BCUT2D eigenvalue weighted by atomic mass is 9.92. The maximum Gasteiger partial charge on any atom is 0.256 e. The van der Waals surface area contributed by atoms with Gasteiger partial charge in [-0.05, 0) is 31.0 Å². The van der Waals surface area contributed by atoms with E-state index < -0.39 is 5.92 Å². The number of anilines is 1. The number of fused-ring (bicyclic) bond motifs is 1. The van der Waals surface area contributed by atoms with Crippen LogP contribution in [0.5, 0.6) is 0 Å². The van der Waals surface area contributed by atoms with E-state index >= 15 is 0 Å². The minimum Gasteiger partial charge on any atom is -0.364 e. The summed E-state index contributed by atoms with van der Waals surface area (Å²) in [5, 5.41) is 10.2. The molecule has 3 heterocycles. The van der Waals surface area contributed by atoms with Crippen molar-refractivity contribution in [3.8, 4) is 0 Å². The fourth-order valence-electron chi connectivity index (χ4n) is 3.26. The Morgan fingerprint density at radius 2 is 2.07 bits per heavy atom. The third-order valence-corrected chi connectivity index (χ3v) is 4.84. The minimum atomic E-state index is -2.62. The Kier molecular flexibility index (Phi) is 4.89. The number of nitrogens with zero attached hydrogens (tertiary/aromatic N) is 4. The molecule has 1 amide bonds. The average Bonchev–Trinajstić information content (AvgIpc) is 3.12. The van der Waals surface area contributed by atoms with Crippen LogP contribution in [-0.2, 0) is 6.54 Å². The lowest BCUT2D eigenvalue weighted by Gasteiger charge is -2.28. The number of alkyl halides is 2. The summed E-state index contributed by atoms with van der Waals surface area (Å²) in [4.78, 5) is 21.3. The van der Waals surface area contributed by atoms with Gasteiger partial charge in [-0.3, -0.25) is 9.78 Å². The number of pyridine rings is 1. The normalized spacial score (nSPS) is 16.8. The lowest BCUT2D eigenvalue weighted by molar-refractivity contribution is -0.0399. The minimum absolute atomic E-state index is 0.202. The van der Waals surface area contributed by atoms with E-state index in [1.54, 1.807) is 18.5 Å². The van der Waals surface area contributed by atoms with Gasteiger partial charge in [0.15, 0.2) is 5.65 Å². The summed E-state index contributed by atoms with van der Waals surface area (Å²) in [6.07, 6.45) is 5.00. The molecule has 9 heteroatoms. The summed E-state index contributed by atoms with van der Waals surface area (Å²) >= 11 is 0. The van der Waals surface area contributed by atoms with E-state index in [2.05, 4.69) is 25.7 Å². The monoisotopic (exact) mass is 386 g/mol. The number of rotatable bonds is 5. The number of amides is 1. The Hall–Kier alpha value is -3.10. The standard InChI is InChI=1S/C19H20F2N6O/c20-19(21)7-4-13(5-8-19)25-18(28)15-12-24-27-10-6-16(26-17(15)27)23-11-14-3-1-2-9-22-14/h1-3,6,9-10,12-13H,4-5,7-8,11H2,(H,23,26)(H,25,28). The molecule has 3 aromatic heterocycles. The Morgan fingerprint density at radius 1 is 1.25 bits per heavy atom. The highest BCUT2D eigenvalue weighted by Gasteiger charge is 2.35. The number of hydrogen-bond acceptors (Lipinski definition) is 5. The summed E-state index contributed by atoms with van der Waals surface area (Å²) in [6, 6.07) is 7.15. The summed E-state index contributed by atoms with van der Waals surface area (Å²) in [6.45, 7) is 0.496. The molecule has 1 aliphatic rings. The quantitative estimate of drug-likeness (QED) is 0.704. The van der Waals surface area contributed by atoms with E-state index in [1.807, 2.05) is 18.2 Å². The van der Waals surface area contributed by atoms with Crippen molar-refractivity contribution in [2.45, 2.75) is 44.2 Å². The number of halogens is 2. The van der Waals surface area contributed by atoms with Gasteiger partial charge in [0.2, 0.25) is 5.92 Å². The first-order valence-corrected chi connectivity index (χ1v) is 9.17. The van der Waals surface area contributed by atoms with Crippen molar-refractivity contribution in [2.75, 3.05) is 5.32 Å². The predicted octanol–water partition coefficient (Wildman–Crippen LogP) is 3.04. The maximum absolute atomic E-state index is 13.3. The van der Waals surface area contributed by atoms with Gasteiger partial charge in [0.1, 0.15) is 11.4 Å². The molecule has 1 saturated carbocycles. The SMILES string of the molecule is O=C(NC1CCC(F)(F)CC1)c1cnn2ccc(NCc3ccccn3)nc12. The van der Waals surface area contributed by atoms with Crippen LogP contribution >= 0.6 is 0 Å². The van der Waals surface area contributed by atoms with Gasteiger partial charge in [-0.2, -0.15) is 5.10 Å². The summed E-state index contributed by atoms with van der Waals surface area (Å²) in [7, 11) is 0. The van der Waals surface area contributed by atoms with Crippen molar-refractivity contribution in [2.24, 2.45) is 0 Å². The zero-order valence-electron chi connectivity index (χ0n) is 15.1. The Balaban J connectivity index is 1.46. The molecular formula is C19H20F2N6O. The van der Waals surface area contributed by atoms with Crippen LogP contribution in [-0.4, -0.2) is 37.5 Å². The van der Waals surface area contributed by atoms with Crippen molar-refractivity contribution < 1.29 is 13.6 Å². The van der Waals surface area contributed by atoms with Gasteiger partial charge in [0.25, 0.3) is 5.91 Å². The molecule has 0 saturated heterocycles. The van der Waals surface area contributed by atoms with Gasteiger partial charge in [0.05, 0.1) is 18.4 Å². The molecule has 4 rings (SSSR count). The molecule has 0 unspecified atom stereocenters. The van der Waals surface area contributed by atoms with Gasteiger partial charge in [-0.15, -0.1) is 0 Å². The zero-order chi connectivity index (χ0) is 19.6.